The second kappa shape index (κ2) is 15.5. The average Bonchev–Trinajstić information content (AvgIpc) is 2.99. The van der Waals surface area contributed by atoms with Gasteiger partial charge < -0.3 is 15.7 Å². The van der Waals surface area contributed by atoms with E-state index in [0.29, 0.717) is 22.9 Å². The zero-order valence-electron chi connectivity index (χ0n) is 24.6. The molecular formula is C30H46N7O4S+. The van der Waals surface area contributed by atoms with Crippen LogP contribution >= 0.6 is 0 Å². The molecule has 42 heavy (non-hydrogen) atoms. The van der Waals surface area contributed by atoms with Crippen LogP contribution < -0.4 is 20.7 Å². The van der Waals surface area contributed by atoms with E-state index in [-0.39, 0.29) is 47.7 Å². The molecule has 2 fully saturated rings. The summed E-state index contributed by atoms with van der Waals surface area (Å²) in [6.45, 7) is 2.90. The van der Waals surface area contributed by atoms with Crippen LogP contribution in [-0.4, -0.2) is 66.4 Å². The lowest BCUT2D eigenvalue weighted by Gasteiger charge is -2.24. The Morgan fingerprint density at radius 1 is 1.05 bits per heavy atom. The van der Waals surface area contributed by atoms with Crippen molar-refractivity contribution < 1.29 is 23.6 Å². The maximum absolute atomic E-state index is 12.9. The largest absolute Gasteiger partial charge is 0.393 e. The molecule has 0 aliphatic heterocycles. The first-order valence-corrected chi connectivity index (χ1v) is 16.9. The van der Waals surface area contributed by atoms with Crippen molar-refractivity contribution >= 4 is 33.4 Å². The standard InChI is InChI=1S/C30H45N7O4S/c1-2-3-18-32-30-33-20-26(29(37-30)36-23-11-13-24(38)14-12-23)28(31)21-9-15-25(16-10-21)42(40,41)34-19-17-27(39)35-22-7-5-4-6-8-22/h9-10,15-16,20,22-24,31,34,38H,2-8,11-14,17-19H2,1H3,(H,35,39)(H2,32,33,36,37)/p+1. The number of aliphatic hydroxyl groups is 1. The van der Waals surface area contributed by atoms with Crippen LogP contribution in [-0.2, 0) is 14.8 Å². The first-order valence-electron chi connectivity index (χ1n) is 15.4. The molecule has 0 saturated heterocycles. The molecule has 2 aliphatic carbocycles. The van der Waals surface area contributed by atoms with Crippen LogP contribution in [0, 0.1) is 5.41 Å². The van der Waals surface area contributed by atoms with Crippen molar-refractivity contribution in [2.24, 2.45) is 0 Å². The van der Waals surface area contributed by atoms with Gasteiger partial charge in [0.05, 0.1) is 22.8 Å². The van der Waals surface area contributed by atoms with Crippen LogP contribution in [0.3, 0.4) is 0 Å². The molecule has 11 nitrogen and oxygen atoms in total. The van der Waals surface area contributed by atoms with E-state index in [4.69, 9.17) is 10.4 Å². The fraction of sp³-hybridized carbons (Fsp3) is 0.600. The van der Waals surface area contributed by atoms with Crippen molar-refractivity contribution in [1.29, 1.82) is 5.41 Å². The molecule has 2 aromatic rings. The lowest BCUT2D eigenvalue weighted by atomic mass is 9.93. The third-order valence-electron chi connectivity index (χ3n) is 8.10. The van der Waals surface area contributed by atoms with Crippen molar-refractivity contribution in [3.63, 3.8) is 0 Å². The quantitative estimate of drug-likeness (QED) is 0.143. The number of nitrogens with zero attached hydrogens (tertiary/aromatic N) is 2. The zero-order chi connectivity index (χ0) is 30.0. The highest BCUT2D eigenvalue weighted by Gasteiger charge is 2.26. The van der Waals surface area contributed by atoms with Crippen molar-refractivity contribution in [2.75, 3.05) is 18.4 Å². The summed E-state index contributed by atoms with van der Waals surface area (Å²) in [5.74, 6) is 1.04. The van der Waals surface area contributed by atoms with E-state index in [2.05, 4.69) is 32.6 Å². The fourth-order valence-electron chi connectivity index (χ4n) is 5.55. The van der Waals surface area contributed by atoms with E-state index in [9.17, 15) is 18.3 Å². The highest BCUT2D eigenvalue weighted by atomic mass is 32.2. The van der Waals surface area contributed by atoms with Crippen molar-refractivity contribution in [3.05, 3.63) is 41.6 Å². The summed E-state index contributed by atoms with van der Waals surface area (Å²) in [4.78, 5) is 21.5. The zero-order valence-corrected chi connectivity index (χ0v) is 25.4. The third-order valence-corrected chi connectivity index (χ3v) is 9.58. The summed E-state index contributed by atoms with van der Waals surface area (Å²) in [5, 5.41) is 27.2. The fourth-order valence-corrected chi connectivity index (χ4v) is 6.59. The van der Waals surface area contributed by atoms with Crippen LogP contribution in [0.2, 0.25) is 0 Å². The van der Waals surface area contributed by atoms with Crippen LogP contribution in [0.4, 0.5) is 11.8 Å². The van der Waals surface area contributed by atoms with Gasteiger partial charge in [0.25, 0.3) is 0 Å². The van der Waals surface area contributed by atoms with E-state index in [1.54, 1.807) is 18.3 Å². The summed E-state index contributed by atoms with van der Waals surface area (Å²) in [7, 11) is -3.80. The summed E-state index contributed by atoms with van der Waals surface area (Å²) in [5.41, 5.74) is 1.32. The Kier molecular flexibility index (Phi) is 11.8. The molecule has 1 heterocycles. The third kappa shape index (κ3) is 9.29. The number of rotatable bonds is 14. The number of aromatic nitrogens is 2. The van der Waals surface area contributed by atoms with Crippen LogP contribution in [0.25, 0.3) is 0 Å². The first-order chi connectivity index (χ1) is 20.2. The number of hydrogen-bond donors (Lipinski definition) is 6. The van der Waals surface area contributed by atoms with Crippen LogP contribution in [0.5, 0.6) is 0 Å². The van der Waals surface area contributed by atoms with Gasteiger partial charge in [-0.1, -0.05) is 44.7 Å². The van der Waals surface area contributed by atoms with Crippen molar-refractivity contribution in [1.82, 2.24) is 20.0 Å². The minimum Gasteiger partial charge on any atom is -0.393 e. The Balaban J connectivity index is 1.40. The number of nitrogens with one attached hydrogen (secondary N) is 4. The van der Waals surface area contributed by atoms with Gasteiger partial charge in [-0.2, -0.15) is 4.98 Å². The van der Waals surface area contributed by atoms with Gasteiger partial charge >= 0.3 is 0 Å². The van der Waals surface area contributed by atoms with Gasteiger partial charge in [-0.25, -0.2) is 18.1 Å². The van der Waals surface area contributed by atoms with Gasteiger partial charge in [0, 0.05) is 50.2 Å². The molecule has 0 unspecified atom stereocenters. The maximum atomic E-state index is 12.9. The summed E-state index contributed by atoms with van der Waals surface area (Å²) in [6, 6.07) is 6.62. The highest BCUT2D eigenvalue weighted by molar-refractivity contribution is 7.89. The van der Waals surface area contributed by atoms with E-state index in [0.717, 1.165) is 70.8 Å². The number of aliphatic hydroxyl groups excluding tert-OH is 1. The minimum atomic E-state index is -3.80. The number of nitrogens with two attached hydrogens (primary N) is 1. The van der Waals surface area contributed by atoms with Gasteiger partial charge in [0.2, 0.25) is 27.7 Å². The molecular weight excluding hydrogens is 554 g/mol. The number of amides is 1. The molecule has 230 valence electrons. The van der Waals surface area contributed by atoms with Gasteiger partial charge in [-0.15, -0.1) is 0 Å². The first kappa shape index (κ1) is 32.0. The predicted octanol–water partition coefficient (Wildman–Crippen LogP) is 2.72. The van der Waals surface area contributed by atoms with E-state index in [1.165, 1.54) is 18.6 Å². The number of sulfonamides is 1. The molecule has 12 heteroatoms. The molecule has 4 rings (SSSR count). The maximum Gasteiger partial charge on any atom is 0.240 e. The molecule has 0 bridgehead atoms. The molecule has 0 radical (unpaired) electrons. The number of hydrogen-bond acceptors (Lipinski definition) is 8. The average molecular weight is 601 g/mol. The molecule has 2 saturated carbocycles. The summed E-state index contributed by atoms with van der Waals surface area (Å²) < 4.78 is 28.2. The topological polar surface area (TPSA) is 174 Å². The van der Waals surface area contributed by atoms with E-state index >= 15 is 0 Å². The highest BCUT2D eigenvalue weighted by Crippen LogP contribution is 2.21. The Bertz CT molecular complexity index is 1290. The van der Waals surface area contributed by atoms with Gasteiger partial charge in [0.15, 0.2) is 0 Å². The van der Waals surface area contributed by atoms with Gasteiger partial charge in [-0.05, 0) is 44.2 Å². The van der Waals surface area contributed by atoms with Crippen LogP contribution in [0.1, 0.15) is 95.1 Å². The van der Waals surface area contributed by atoms with E-state index < -0.39 is 10.0 Å². The lowest BCUT2D eigenvalue weighted by molar-refractivity contribution is -0.618. The normalized spacial score (nSPS) is 19.8. The molecule has 1 aromatic carbocycles. The number of quaternary nitrogens is 1. The Morgan fingerprint density at radius 3 is 2.45 bits per heavy atom. The van der Waals surface area contributed by atoms with Crippen molar-refractivity contribution in [2.45, 2.75) is 107 Å². The van der Waals surface area contributed by atoms with E-state index in [1.807, 2.05) is 0 Å². The molecule has 7 N–H and O–H groups in total. The Morgan fingerprint density at radius 2 is 1.76 bits per heavy atom. The molecule has 1 aromatic heterocycles. The summed E-state index contributed by atoms with van der Waals surface area (Å²) >= 11 is 0. The summed E-state index contributed by atoms with van der Waals surface area (Å²) in [6.07, 6.45) is 12.1. The molecule has 2 aliphatic rings. The molecule has 0 spiro atoms. The Hall–Kier alpha value is -2.93. The number of unbranched alkanes of at least 4 members (excludes halogenated alkanes) is 1. The number of carbonyl (C=O) groups excluding carboxylic acids is 1. The SMILES string of the molecule is CCCCNc1ncc(C(=N)c2ccc(S(=O)(=O)NCCC(=O)NC3CCCCC3)cc2)c([NH2+]C2CCC(O)CC2)n1. The minimum absolute atomic E-state index is 0.0197. The van der Waals surface area contributed by atoms with Gasteiger partial charge in [0.1, 0.15) is 5.56 Å². The van der Waals surface area contributed by atoms with Crippen molar-refractivity contribution in [3.8, 4) is 0 Å². The second-order valence-electron chi connectivity index (χ2n) is 11.5. The van der Waals surface area contributed by atoms with Crippen LogP contribution in [0.15, 0.2) is 35.4 Å². The smallest absolute Gasteiger partial charge is 0.240 e. The molecule has 0 atom stereocenters. The molecule has 1 amide bonds. The lowest BCUT2D eigenvalue weighted by Crippen LogP contribution is -2.85. The van der Waals surface area contributed by atoms with Gasteiger partial charge in [-0.3, -0.25) is 15.5 Å². The number of anilines is 1. The second-order valence-corrected chi connectivity index (χ2v) is 13.2. The number of carbonyl (C=O) groups is 1. The number of benzene rings is 1. The predicted molar refractivity (Wildman–Crippen MR) is 162 cm³/mol. The Labute approximate surface area is 249 Å². The monoisotopic (exact) mass is 600 g/mol.